The fraction of sp³-hybridized carbons (Fsp3) is 0.0714. The monoisotopic (exact) mass is 339 g/mol. The third-order valence-electron chi connectivity index (χ3n) is 2.45. The summed E-state index contributed by atoms with van der Waals surface area (Å²) in [6.07, 6.45) is 0. The molecule has 96 valence electrons. The standard InChI is InChI=1S/C14H8BrClFNO/c15-11-2-3-13(17)10(6-11)8-19-14-4-1-9(7-18)5-12(14)16/h1-6H,8H2. The van der Waals surface area contributed by atoms with Gasteiger partial charge in [-0.15, -0.1) is 0 Å². The number of hydrogen-bond donors (Lipinski definition) is 0. The highest BCUT2D eigenvalue weighted by atomic mass is 79.9. The minimum Gasteiger partial charge on any atom is -0.487 e. The summed E-state index contributed by atoms with van der Waals surface area (Å²) in [5, 5.41) is 9.05. The largest absolute Gasteiger partial charge is 0.487 e. The number of ether oxygens (including phenoxy) is 1. The van der Waals surface area contributed by atoms with Crippen LogP contribution in [0, 0.1) is 17.1 Å². The molecule has 0 fully saturated rings. The fourth-order valence-corrected chi connectivity index (χ4v) is 2.14. The van der Waals surface area contributed by atoms with Gasteiger partial charge in [-0.05, 0) is 36.4 Å². The first kappa shape index (κ1) is 13.9. The predicted octanol–water partition coefficient (Wildman–Crippen LogP) is 4.69. The summed E-state index contributed by atoms with van der Waals surface area (Å²) in [6, 6.07) is 11.3. The highest BCUT2D eigenvalue weighted by Crippen LogP contribution is 2.26. The van der Waals surface area contributed by atoms with Gasteiger partial charge in [0.2, 0.25) is 0 Å². The van der Waals surface area contributed by atoms with Gasteiger partial charge >= 0.3 is 0 Å². The molecule has 0 aliphatic heterocycles. The molecule has 0 aromatic heterocycles. The zero-order chi connectivity index (χ0) is 13.8. The van der Waals surface area contributed by atoms with Crippen molar-refractivity contribution < 1.29 is 9.13 Å². The molecule has 0 unspecified atom stereocenters. The molecular formula is C14H8BrClFNO. The van der Waals surface area contributed by atoms with Crippen molar-refractivity contribution in [1.82, 2.24) is 0 Å². The average Bonchev–Trinajstić information content (AvgIpc) is 2.40. The van der Waals surface area contributed by atoms with Crippen LogP contribution in [0.2, 0.25) is 5.02 Å². The second-order valence-electron chi connectivity index (χ2n) is 3.78. The lowest BCUT2D eigenvalue weighted by molar-refractivity contribution is 0.300. The highest BCUT2D eigenvalue weighted by Gasteiger charge is 2.07. The maximum absolute atomic E-state index is 13.5. The van der Waals surface area contributed by atoms with Crippen molar-refractivity contribution in [3.05, 3.63) is 62.8 Å². The molecule has 2 aromatic rings. The Hall–Kier alpha value is -1.57. The van der Waals surface area contributed by atoms with E-state index in [-0.39, 0.29) is 12.4 Å². The minimum absolute atomic E-state index is 0.0664. The number of benzene rings is 2. The van der Waals surface area contributed by atoms with Crippen LogP contribution < -0.4 is 4.74 Å². The van der Waals surface area contributed by atoms with Gasteiger partial charge in [0.05, 0.1) is 16.7 Å². The van der Waals surface area contributed by atoms with Gasteiger partial charge in [0, 0.05) is 10.0 Å². The minimum atomic E-state index is -0.340. The molecule has 0 radical (unpaired) electrons. The van der Waals surface area contributed by atoms with E-state index >= 15 is 0 Å². The lowest BCUT2D eigenvalue weighted by atomic mass is 10.2. The van der Waals surface area contributed by atoms with Crippen molar-refractivity contribution >= 4 is 27.5 Å². The lowest BCUT2D eigenvalue weighted by Crippen LogP contribution is -1.99. The fourth-order valence-electron chi connectivity index (χ4n) is 1.50. The summed E-state index contributed by atoms with van der Waals surface area (Å²) in [5.41, 5.74) is 0.876. The Balaban J connectivity index is 2.15. The summed E-state index contributed by atoms with van der Waals surface area (Å²) in [4.78, 5) is 0. The van der Waals surface area contributed by atoms with Gasteiger partial charge in [-0.25, -0.2) is 4.39 Å². The van der Waals surface area contributed by atoms with Crippen LogP contribution in [-0.4, -0.2) is 0 Å². The topological polar surface area (TPSA) is 33.0 Å². The van der Waals surface area contributed by atoms with Crippen molar-refractivity contribution in [1.29, 1.82) is 5.26 Å². The predicted molar refractivity (Wildman–Crippen MR) is 74.6 cm³/mol. The number of rotatable bonds is 3. The molecule has 0 spiro atoms. The van der Waals surface area contributed by atoms with E-state index in [0.29, 0.717) is 21.9 Å². The van der Waals surface area contributed by atoms with Crippen LogP contribution in [0.15, 0.2) is 40.9 Å². The van der Waals surface area contributed by atoms with Gasteiger partial charge in [-0.2, -0.15) is 5.26 Å². The maximum atomic E-state index is 13.5. The first-order chi connectivity index (χ1) is 9.10. The zero-order valence-corrected chi connectivity index (χ0v) is 12.0. The normalized spacial score (nSPS) is 10.0. The van der Waals surface area contributed by atoms with E-state index < -0.39 is 0 Å². The van der Waals surface area contributed by atoms with Gasteiger partial charge in [-0.3, -0.25) is 0 Å². The van der Waals surface area contributed by atoms with Gasteiger partial charge in [-0.1, -0.05) is 27.5 Å². The van der Waals surface area contributed by atoms with Crippen molar-refractivity contribution in [3.63, 3.8) is 0 Å². The van der Waals surface area contributed by atoms with E-state index in [1.807, 2.05) is 6.07 Å². The molecule has 2 aromatic carbocycles. The Morgan fingerprint density at radius 3 is 2.74 bits per heavy atom. The number of halogens is 3. The molecule has 5 heteroatoms. The van der Waals surface area contributed by atoms with Gasteiger partial charge in [0.1, 0.15) is 18.2 Å². The molecule has 0 heterocycles. The van der Waals surface area contributed by atoms with Crippen LogP contribution in [0.5, 0.6) is 5.75 Å². The molecule has 19 heavy (non-hydrogen) atoms. The Morgan fingerprint density at radius 2 is 2.05 bits per heavy atom. The first-order valence-corrected chi connectivity index (χ1v) is 6.53. The van der Waals surface area contributed by atoms with Crippen molar-refractivity contribution in [3.8, 4) is 11.8 Å². The molecule has 0 aliphatic rings. The van der Waals surface area contributed by atoms with Crippen molar-refractivity contribution in [2.24, 2.45) is 0 Å². The van der Waals surface area contributed by atoms with Crippen molar-refractivity contribution in [2.45, 2.75) is 6.61 Å². The smallest absolute Gasteiger partial charge is 0.138 e. The Bertz CT molecular complexity index is 654. The molecule has 0 bridgehead atoms. The summed E-state index contributed by atoms with van der Waals surface area (Å²) in [7, 11) is 0. The van der Waals surface area contributed by atoms with Crippen molar-refractivity contribution in [2.75, 3.05) is 0 Å². The van der Waals surface area contributed by atoms with E-state index in [1.165, 1.54) is 12.1 Å². The molecule has 0 N–H and O–H groups in total. The summed E-state index contributed by atoms with van der Waals surface area (Å²) < 4.78 is 19.7. The van der Waals surface area contributed by atoms with Gasteiger partial charge < -0.3 is 4.74 Å². The third-order valence-corrected chi connectivity index (χ3v) is 3.24. The molecule has 2 rings (SSSR count). The molecule has 0 aliphatic carbocycles. The first-order valence-electron chi connectivity index (χ1n) is 5.36. The van der Waals surface area contributed by atoms with Crippen LogP contribution in [0.25, 0.3) is 0 Å². The summed E-state index contributed by atoms with van der Waals surface area (Å²) in [6.45, 7) is 0.0664. The van der Waals surface area contributed by atoms with Crippen LogP contribution in [-0.2, 0) is 6.61 Å². The van der Waals surface area contributed by atoms with Crippen LogP contribution in [0.4, 0.5) is 4.39 Å². The maximum Gasteiger partial charge on any atom is 0.138 e. The zero-order valence-electron chi connectivity index (χ0n) is 9.66. The highest BCUT2D eigenvalue weighted by molar-refractivity contribution is 9.10. The molecule has 0 saturated carbocycles. The molecule has 2 nitrogen and oxygen atoms in total. The van der Waals surface area contributed by atoms with E-state index in [2.05, 4.69) is 15.9 Å². The van der Waals surface area contributed by atoms with Crippen LogP contribution in [0.1, 0.15) is 11.1 Å². The van der Waals surface area contributed by atoms with E-state index in [4.69, 9.17) is 21.6 Å². The molecule has 0 atom stereocenters. The van der Waals surface area contributed by atoms with E-state index in [1.54, 1.807) is 24.3 Å². The Morgan fingerprint density at radius 1 is 1.26 bits per heavy atom. The second-order valence-corrected chi connectivity index (χ2v) is 5.10. The number of hydrogen-bond acceptors (Lipinski definition) is 2. The molecular weight excluding hydrogens is 333 g/mol. The lowest BCUT2D eigenvalue weighted by Gasteiger charge is -2.09. The Kier molecular flexibility index (Phi) is 4.41. The van der Waals surface area contributed by atoms with Crippen LogP contribution >= 0.6 is 27.5 Å². The quantitative estimate of drug-likeness (QED) is 0.812. The second kappa shape index (κ2) is 6.05. The number of nitrogens with zero attached hydrogens (tertiary/aromatic N) is 1. The third kappa shape index (κ3) is 3.46. The Labute approximate surface area is 123 Å². The average molecular weight is 341 g/mol. The van der Waals surface area contributed by atoms with Gasteiger partial charge in [0.15, 0.2) is 0 Å². The summed E-state index contributed by atoms with van der Waals surface area (Å²) in [5.74, 6) is 0.0769. The number of nitriles is 1. The van der Waals surface area contributed by atoms with E-state index in [9.17, 15) is 4.39 Å². The SMILES string of the molecule is N#Cc1ccc(OCc2cc(Br)ccc2F)c(Cl)c1. The molecule has 0 amide bonds. The summed E-state index contributed by atoms with van der Waals surface area (Å²) >= 11 is 9.24. The van der Waals surface area contributed by atoms with Gasteiger partial charge in [0.25, 0.3) is 0 Å². The van der Waals surface area contributed by atoms with E-state index in [0.717, 1.165) is 4.47 Å². The van der Waals surface area contributed by atoms with Crippen LogP contribution in [0.3, 0.4) is 0 Å². The molecule has 0 saturated heterocycles.